The molecule has 0 aliphatic heterocycles. The standard InChI is InChI=1S/C22H22N4O3/c1-4-26(18-10-5-7-15(2)13-18)20-12-11-19(24-25-20)21(27)23-17-9-6-8-16(14-17)22(28)29-3/h5-14H,4H2,1-3H3,(H,23,27). The van der Waals surface area contributed by atoms with E-state index in [4.69, 9.17) is 4.74 Å². The lowest BCUT2D eigenvalue weighted by Crippen LogP contribution is -2.20. The molecule has 1 aromatic heterocycles. The van der Waals surface area contributed by atoms with E-state index >= 15 is 0 Å². The summed E-state index contributed by atoms with van der Waals surface area (Å²) in [6.45, 7) is 4.77. The van der Waals surface area contributed by atoms with Gasteiger partial charge in [-0.15, -0.1) is 10.2 Å². The van der Waals surface area contributed by atoms with Crippen molar-refractivity contribution in [2.45, 2.75) is 13.8 Å². The largest absolute Gasteiger partial charge is 0.465 e. The fraction of sp³-hybridized carbons (Fsp3) is 0.182. The van der Waals surface area contributed by atoms with E-state index in [2.05, 4.69) is 21.6 Å². The first kappa shape index (κ1) is 20.0. The first-order valence-electron chi connectivity index (χ1n) is 9.19. The fourth-order valence-corrected chi connectivity index (χ4v) is 2.90. The monoisotopic (exact) mass is 390 g/mol. The minimum absolute atomic E-state index is 0.178. The summed E-state index contributed by atoms with van der Waals surface area (Å²) in [4.78, 5) is 26.1. The minimum atomic E-state index is -0.471. The topological polar surface area (TPSA) is 84.4 Å². The molecule has 0 saturated carbocycles. The van der Waals surface area contributed by atoms with E-state index in [0.29, 0.717) is 23.6 Å². The second kappa shape index (κ2) is 8.97. The number of carbonyl (C=O) groups is 2. The highest BCUT2D eigenvalue weighted by atomic mass is 16.5. The summed E-state index contributed by atoms with van der Waals surface area (Å²) in [5, 5.41) is 11.0. The number of hydrogen-bond donors (Lipinski definition) is 1. The van der Waals surface area contributed by atoms with E-state index in [0.717, 1.165) is 11.3 Å². The molecule has 0 atom stereocenters. The molecule has 1 heterocycles. The minimum Gasteiger partial charge on any atom is -0.465 e. The number of esters is 1. The third-order valence-corrected chi connectivity index (χ3v) is 4.33. The number of anilines is 3. The lowest BCUT2D eigenvalue weighted by atomic mass is 10.2. The number of nitrogens with one attached hydrogen (secondary N) is 1. The maximum absolute atomic E-state index is 12.5. The highest BCUT2D eigenvalue weighted by Crippen LogP contribution is 2.23. The molecule has 7 nitrogen and oxygen atoms in total. The first-order valence-corrected chi connectivity index (χ1v) is 9.19. The van der Waals surface area contributed by atoms with Crippen LogP contribution in [0.2, 0.25) is 0 Å². The molecule has 1 amide bonds. The van der Waals surface area contributed by atoms with Gasteiger partial charge in [0, 0.05) is 17.9 Å². The van der Waals surface area contributed by atoms with Crippen molar-refractivity contribution < 1.29 is 14.3 Å². The Morgan fingerprint density at radius 2 is 1.83 bits per heavy atom. The van der Waals surface area contributed by atoms with E-state index in [1.165, 1.54) is 7.11 Å². The van der Waals surface area contributed by atoms with Gasteiger partial charge in [-0.25, -0.2) is 4.79 Å². The van der Waals surface area contributed by atoms with E-state index < -0.39 is 11.9 Å². The molecule has 3 aromatic rings. The highest BCUT2D eigenvalue weighted by Gasteiger charge is 2.14. The molecule has 0 saturated heterocycles. The highest BCUT2D eigenvalue weighted by molar-refractivity contribution is 6.03. The normalized spacial score (nSPS) is 10.3. The van der Waals surface area contributed by atoms with Crippen molar-refractivity contribution in [3.63, 3.8) is 0 Å². The van der Waals surface area contributed by atoms with Crippen LogP contribution in [0.3, 0.4) is 0 Å². The van der Waals surface area contributed by atoms with E-state index in [9.17, 15) is 9.59 Å². The second-order valence-electron chi connectivity index (χ2n) is 6.39. The Labute approximate surface area is 169 Å². The summed E-state index contributed by atoms with van der Waals surface area (Å²) in [5.41, 5.74) is 3.16. The summed E-state index contributed by atoms with van der Waals surface area (Å²) in [5.74, 6) is -0.229. The van der Waals surface area contributed by atoms with E-state index in [1.54, 1.807) is 36.4 Å². The predicted octanol–water partition coefficient (Wildman–Crippen LogP) is 3.98. The number of carbonyl (C=O) groups excluding carboxylic acids is 2. The predicted molar refractivity (Wildman–Crippen MR) is 112 cm³/mol. The zero-order chi connectivity index (χ0) is 20.8. The van der Waals surface area contributed by atoms with Crippen molar-refractivity contribution in [3.8, 4) is 0 Å². The average molecular weight is 390 g/mol. The number of amides is 1. The van der Waals surface area contributed by atoms with Crippen LogP contribution in [-0.4, -0.2) is 35.7 Å². The maximum atomic E-state index is 12.5. The van der Waals surface area contributed by atoms with Crippen LogP contribution >= 0.6 is 0 Å². The van der Waals surface area contributed by atoms with Crippen LogP contribution in [0.4, 0.5) is 17.2 Å². The molecule has 29 heavy (non-hydrogen) atoms. The quantitative estimate of drug-likeness (QED) is 0.641. The number of nitrogens with zero attached hydrogens (tertiary/aromatic N) is 3. The second-order valence-corrected chi connectivity index (χ2v) is 6.39. The Hall–Kier alpha value is -3.74. The SMILES string of the molecule is CCN(c1cccc(C)c1)c1ccc(C(=O)Nc2cccc(C(=O)OC)c2)nn1. The molecule has 0 spiro atoms. The number of rotatable bonds is 6. The fourth-order valence-electron chi connectivity index (χ4n) is 2.90. The third-order valence-electron chi connectivity index (χ3n) is 4.33. The van der Waals surface area contributed by atoms with E-state index in [-0.39, 0.29) is 5.69 Å². The van der Waals surface area contributed by atoms with Crippen LogP contribution < -0.4 is 10.2 Å². The molecule has 0 bridgehead atoms. The van der Waals surface area contributed by atoms with Crippen LogP contribution in [-0.2, 0) is 4.74 Å². The number of ether oxygens (including phenoxy) is 1. The van der Waals surface area contributed by atoms with Gasteiger partial charge in [0.2, 0.25) is 0 Å². The van der Waals surface area contributed by atoms with Crippen molar-refractivity contribution in [1.82, 2.24) is 10.2 Å². The van der Waals surface area contributed by atoms with Crippen molar-refractivity contribution >= 4 is 29.1 Å². The summed E-state index contributed by atoms with van der Waals surface area (Å²) in [7, 11) is 1.31. The van der Waals surface area contributed by atoms with Gasteiger partial charge in [0.15, 0.2) is 11.5 Å². The Morgan fingerprint density at radius 3 is 2.48 bits per heavy atom. The smallest absolute Gasteiger partial charge is 0.337 e. The first-order chi connectivity index (χ1) is 14.0. The molecular weight excluding hydrogens is 368 g/mol. The van der Waals surface area contributed by atoms with Crippen molar-refractivity contribution in [3.05, 3.63) is 77.5 Å². The molecule has 3 rings (SSSR count). The molecule has 1 N–H and O–H groups in total. The summed E-state index contributed by atoms with van der Waals surface area (Å²) >= 11 is 0. The van der Waals surface area contributed by atoms with Gasteiger partial charge < -0.3 is 15.0 Å². The lowest BCUT2D eigenvalue weighted by molar-refractivity contribution is 0.0600. The molecule has 0 unspecified atom stereocenters. The number of benzene rings is 2. The summed E-state index contributed by atoms with van der Waals surface area (Å²) in [6, 6.07) is 18.0. The van der Waals surface area contributed by atoms with Crippen molar-refractivity contribution in [1.29, 1.82) is 0 Å². The summed E-state index contributed by atoms with van der Waals surface area (Å²) in [6.07, 6.45) is 0. The molecule has 0 radical (unpaired) electrons. The van der Waals surface area contributed by atoms with Gasteiger partial charge in [-0.2, -0.15) is 0 Å². The van der Waals surface area contributed by atoms with Gasteiger partial charge in [-0.3, -0.25) is 4.79 Å². The Bertz CT molecular complexity index is 1020. The van der Waals surface area contributed by atoms with Crippen LogP contribution in [0.15, 0.2) is 60.7 Å². The van der Waals surface area contributed by atoms with E-state index in [1.807, 2.05) is 36.9 Å². The lowest BCUT2D eigenvalue weighted by Gasteiger charge is -2.22. The van der Waals surface area contributed by atoms with Gasteiger partial charge >= 0.3 is 5.97 Å². The Balaban J connectivity index is 1.76. The third kappa shape index (κ3) is 4.76. The molecule has 148 valence electrons. The van der Waals surface area contributed by atoms with Crippen LogP contribution in [0, 0.1) is 6.92 Å². The van der Waals surface area contributed by atoms with Gasteiger partial charge in [-0.1, -0.05) is 18.2 Å². The number of aryl methyl sites for hydroxylation is 1. The molecule has 0 aliphatic carbocycles. The zero-order valence-corrected chi connectivity index (χ0v) is 16.5. The van der Waals surface area contributed by atoms with Crippen LogP contribution in [0.1, 0.15) is 33.3 Å². The molecule has 0 aliphatic rings. The number of hydrogen-bond acceptors (Lipinski definition) is 6. The molecule has 0 fully saturated rings. The van der Waals surface area contributed by atoms with Gasteiger partial charge in [0.25, 0.3) is 5.91 Å². The van der Waals surface area contributed by atoms with Gasteiger partial charge in [-0.05, 0) is 61.9 Å². The number of aromatic nitrogens is 2. The Kier molecular flexibility index (Phi) is 6.19. The van der Waals surface area contributed by atoms with Gasteiger partial charge in [0.1, 0.15) is 0 Å². The maximum Gasteiger partial charge on any atom is 0.337 e. The molecule has 2 aromatic carbocycles. The Morgan fingerprint density at radius 1 is 1.03 bits per heavy atom. The van der Waals surface area contributed by atoms with Crippen molar-refractivity contribution in [2.75, 3.05) is 23.9 Å². The van der Waals surface area contributed by atoms with Crippen LogP contribution in [0.25, 0.3) is 0 Å². The molecular formula is C22H22N4O3. The zero-order valence-electron chi connectivity index (χ0n) is 16.5. The molecule has 7 heteroatoms. The summed E-state index contributed by atoms with van der Waals surface area (Å²) < 4.78 is 4.69. The number of methoxy groups -OCH3 is 1. The van der Waals surface area contributed by atoms with Crippen LogP contribution in [0.5, 0.6) is 0 Å². The average Bonchev–Trinajstić information content (AvgIpc) is 2.74. The van der Waals surface area contributed by atoms with Crippen molar-refractivity contribution in [2.24, 2.45) is 0 Å². The van der Waals surface area contributed by atoms with Gasteiger partial charge in [0.05, 0.1) is 12.7 Å².